The van der Waals surface area contributed by atoms with Gasteiger partial charge in [-0.2, -0.15) is 0 Å². The highest BCUT2D eigenvalue weighted by atomic mass is 32.2. The highest BCUT2D eigenvalue weighted by Crippen LogP contribution is 2.21. The SMILES string of the molecule is C#CCNC(=O)CNc1ccccc1S(=O)(=O)CC. The summed E-state index contributed by atoms with van der Waals surface area (Å²) in [6.45, 7) is 1.69. The lowest BCUT2D eigenvalue weighted by Gasteiger charge is -2.11. The molecule has 0 atom stereocenters. The third-order valence-corrected chi connectivity index (χ3v) is 4.22. The summed E-state index contributed by atoms with van der Waals surface area (Å²) in [5.74, 6) is 2.00. The molecular weight excluding hydrogens is 264 g/mol. The highest BCUT2D eigenvalue weighted by molar-refractivity contribution is 7.91. The van der Waals surface area contributed by atoms with Crippen molar-refractivity contribution in [3.05, 3.63) is 24.3 Å². The van der Waals surface area contributed by atoms with Gasteiger partial charge >= 0.3 is 0 Å². The summed E-state index contributed by atoms with van der Waals surface area (Å²) in [5, 5.41) is 5.29. The average Bonchev–Trinajstić information content (AvgIpc) is 2.43. The molecular formula is C13H16N2O3S. The number of amides is 1. The maximum Gasteiger partial charge on any atom is 0.240 e. The van der Waals surface area contributed by atoms with Crippen LogP contribution in [0.2, 0.25) is 0 Å². The second kappa shape index (κ2) is 6.81. The summed E-state index contributed by atoms with van der Waals surface area (Å²) in [6.07, 6.45) is 5.02. The van der Waals surface area contributed by atoms with Crippen LogP contribution in [0.15, 0.2) is 29.2 Å². The molecule has 0 aliphatic rings. The van der Waals surface area contributed by atoms with Gasteiger partial charge < -0.3 is 10.6 Å². The number of para-hydroxylation sites is 1. The first-order chi connectivity index (χ1) is 9.01. The second-order valence-electron chi connectivity index (χ2n) is 3.73. The third kappa shape index (κ3) is 4.30. The molecule has 0 spiro atoms. The van der Waals surface area contributed by atoms with E-state index in [-0.39, 0.29) is 29.6 Å². The van der Waals surface area contributed by atoms with E-state index in [1.54, 1.807) is 25.1 Å². The number of carbonyl (C=O) groups is 1. The second-order valence-corrected chi connectivity index (χ2v) is 5.98. The number of anilines is 1. The minimum absolute atomic E-state index is 0.00891. The largest absolute Gasteiger partial charge is 0.375 e. The Bertz CT molecular complexity index is 588. The Hall–Kier alpha value is -2.00. The number of hydrogen-bond acceptors (Lipinski definition) is 4. The van der Waals surface area contributed by atoms with Crippen molar-refractivity contribution in [2.24, 2.45) is 0 Å². The first kappa shape index (κ1) is 15.1. The molecule has 1 rings (SSSR count). The zero-order valence-corrected chi connectivity index (χ0v) is 11.5. The molecule has 1 aromatic rings. The Balaban J connectivity index is 2.80. The molecule has 19 heavy (non-hydrogen) atoms. The van der Waals surface area contributed by atoms with Crippen LogP contribution < -0.4 is 10.6 Å². The maximum absolute atomic E-state index is 11.9. The van der Waals surface area contributed by atoms with Crippen LogP contribution in [0.25, 0.3) is 0 Å². The number of terminal acetylenes is 1. The van der Waals surface area contributed by atoms with E-state index in [4.69, 9.17) is 6.42 Å². The summed E-state index contributed by atoms with van der Waals surface area (Å²) in [4.78, 5) is 11.6. The van der Waals surface area contributed by atoms with Crippen LogP contribution >= 0.6 is 0 Å². The number of sulfone groups is 1. The van der Waals surface area contributed by atoms with Gasteiger partial charge in [0.15, 0.2) is 9.84 Å². The molecule has 1 amide bonds. The summed E-state index contributed by atoms with van der Waals surface area (Å²) in [6, 6.07) is 6.49. The zero-order chi connectivity index (χ0) is 14.3. The molecule has 0 fully saturated rings. The lowest BCUT2D eigenvalue weighted by Crippen LogP contribution is -2.30. The van der Waals surface area contributed by atoms with Crippen LogP contribution in [0.5, 0.6) is 0 Å². The quantitative estimate of drug-likeness (QED) is 0.750. The topological polar surface area (TPSA) is 75.3 Å². The number of hydrogen-bond donors (Lipinski definition) is 2. The molecule has 102 valence electrons. The van der Waals surface area contributed by atoms with Gasteiger partial charge in [-0.05, 0) is 12.1 Å². The molecule has 0 aliphatic heterocycles. The molecule has 1 aromatic carbocycles. The molecule has 0 unspecified atom stereocenters. The fourth-order valence-corrected chi connectivity index (χ4v) is 2.50. The number of carbonyl (C=O) groups excluding carboxylic acids is 1. The summed E-state index contributed by atoms with van der Waals surface area (Å²) in [5.41, 5.74) is 0.417. The Labute approximate surface area is 113 Å². The van der Waals surface area contributed by atoms with Crippen LogP contribution in [0.4, 0.5) is 5.69 Å². The van der Waals surface area contributed by atoms with Gasteiger partial charge in [-0.15, -0.1) is 6.42 Å². The van der Waals surface area contributed by atoms with E-state index >= 15 is 0 Å². The molecule has 6 heteroatoms. The molecule has 0 aromatic heterocycles. The van der Waals surface area contributed by atoms with Crippen molar-refractivity contribution in [2.45, 2.75) is 11.8 Å². The van der Waals surface area contributed by atoms with E-state index in [0.29, 0.717) is 5.69 Å². The minimum atomic E-state index is -3.32. The Kier molecular flexibility index (Phi) is 5.39. The summed E-state index contributed by atoms with van der Waals surface area (Å²) < 4.78 is 23.7. The van der Waals surface area contributed by atoms with Gasteiger partial charge in [0.2, 0.25) is 5.91 Å². The van der Waals surface area contributed by atoms with E-state index in [0.717, 1.165) is 0 Å². The lowest BCUT2D eigenvalue weighted by atomic mass is 10.3. The Morgan fingerprint density at radius 3 is 2.68 bits per heavy atom. The van der Waals surface area contributed by atoms with Crippen molar-refractivity contribution < 1.29 is 13.2 Å². The van der Waals surface area contributed by atoms with Crippen LogP contribution in [-0.4, -0.2) is 33.2 Å². The van der Waals surface area contributed by atoms with Gasteiger partial charge in [0.05, 0.1) is 29.4 Å². The number of nitrogens with one attached hydrogen (secondary N) is 2. The average molecular weight is 280 g/mol. The molecule has 5 nitrogen and oxygen atoms in total. The molecule has 0 bridgehead atoms. The van der Waals surface area contributed by atoms with E-state index < -0.39 is 9.84 Å². The van der Waals surface area contributed by atoms with E-state index in [9.17, 15) is 13.2 Å². The van der Waals surface area contributed by atoms with Crippen molar-refractivity contribution >= 4 is 21.4 Å². The maximum atomic E-state index is 11.9. The van der Waals surface area contributed by atoms with Crippen LogP contribution in [0.3, 0.4) is 0 Å². The van der Waals surface area contributed by atoms with Crippen molar-refractivity contribution in [2.75, 3.05) is 24.2 Å². The zero-order valence-electron chi connectivity index (χ0n) is 10.6. The van der Waals surface area contributed by atoms with E-state index in [1.807, 2.05) is 0 Å². The van der Waals surface area contributed by atoms with Gasteiger partial charge in [-0.25, -0.2) is 8.42 Å². The monoisotopic (exact) mass is 280 g/mol. The normalized spacial score (nSPS) is 10.5. The molecule has 0 saturated carbocycles. The van der Waals surface area contributed by atoms with Crippen LogP contribution in [-0.2, 0) is 14.6 Å². The Morgan fingerprint density at radius 1 is 1.37 bits per heavy atom. The van der Waals surface area contributed by atoms with Gasteiger partial charge in [0.25, 0.3) is 0 Å². The summed E-state index contributed by atoms with van der Waals surface area (Å²) >= 11 is 0. The fourth-order valence-electron chi connectivity index (χ4n) is 1.43. The predicted molar refractivity (Wildman–Crippen MR) is 74.5 cm³/mol. The van der Waals surface area contributed by atoms with E-state index in [1.165, 1.54) is 6.07 Å². The van der Waals surface area contributed by atoms with Crippen molar-refractivity contribution in [3.8, 4) is 12.3 Å². The first-order valence-electron chi connectivity index (χ1n) is 5.77. The molecule has 0 radical (unpaired) electrons. The minimum Gasteiger partial charge on any atom is -0.375 e. The highest BCUT2D eigenvalue weighted by Gasteiger charge is 2.16. The lowest BCUT2D eigenvalue weighted by molar-refractivity contribution is -0.119. The number of rotatable bonds is 6. The van der Waals surface area contributed by atoms with Crippen molar-refractivity contribution in [1.29, 1.82) is 0 Å². The molecule has 0 aliphatic carbocycles. The van der Waals surface area contributed by atoms with Gasteiger partial charge in [-0.3, -0.25) is 4.79 Å². The summed E-state index contributed by atoms with van der Waals surface area (Å²) in [7, 11) is -3.32. The predicted octanol–water partition coefficient (Wildman–Crippen LogP) is 0.641. The van der Waals surface area contributed by atoms with Gasteiger partial charge in [-0.1, -0.05) is 25.0 Å². The first-order valence-corrected chi connectivity index (χ1v) is 7.42. The smallest absolute Gasteiger partial charge is 0.240 e. The van der Waals surface area contributed by atoms with Gasteiger partial charge in [0, 0.05) is 0 Å². The Morgan fingerprint density at radius 2 is 2.05 bits per heavy atom. The van der Waals surface area contributed by atoms with Crippen LogP contribution in [0.1, 0.15) is 6.92 Å². The fraction of sp³-hybridized carbons (Fsp3) is 0.308. The van der Waals surface area contributed by atoms with Crippen LogP contribution in [0, 0.1) is 12.3 Å². The molecule has 0 heterocycles. The molecule has 2 N–H and O–H groups in total. The van der Waals surface area contributed by atoms with Crippen molar-refractivity contribution in [1.82, 2.24) is 5.32 Å². The third-order valence-electron chi connectivity index (χ3n) is 2.43. The van der Waals surface area contributed by atoms with E-state index in [2.05, 4.69) is 16.6 Å². The van der Waals surface area contributed by atoms with Gasteiger partial charge in [0.1, 0.15) is 0 Å². The van der Waals surface area contributed by atoms with Crippen molar-refractivity contribution in [3.63, 3.8) is 0 Å². The molecule has 0 saturated heterocycles. The number of benzene rings is 1. The standard InChI is InChI=1S/C13H16N2O3S/c1-3-9-14-13(16)10-15-11-7-5-6-8-12(11)19(17,18)4-2/h1,5-8,15H,4,9-10H2,2H3,(H,14,16).